The summed E-state index contributed by atoms with van der Waals surface area (Å²) in [6.45, 7) is 8.40. The predicted molar refractivity (Wildman–Crippen MR) is 132 cm³/mol. The van der Waals surface area contributed by atoms with Gasteiger partial charge in [0.2, 0.25) is 0 Å². The number of nitrogens with one attached hydrogen (secondary N) is 2. The van der Waals surface area contributed by atoms with Crippen LogP contribution in [-0.4, -0.2) is 35.0 Å². The molecule has 1 atom stereocenters. The number of carbonyl (C=O) groups is 3. The molecule has 34 heavy (non-hydrogen) atoms. The van der Waals surface area contributed by atoms with Crippen molar-refractivity contribution in [2.75, 3.05) is 11.9 Å². The van der Waals surface area contributed by atoms with E-state index in [1.807, 2.05) is 32.0 Å². The van der Waals surface area contributed by atoms with Gasteiger partial charge in [0.05, 0.1) is 0 Å². The number of benzene rings is 2. The maximum absolute atomic E-state index is 13.4. The summed E-state index contributed by atoms with van der Waals surface area (Å²) in [5.41, 5.74) is 2.70. The summed E-state index contributed by atoms with van der Waals surface area (Å²) in [7, 11) is 0. The molecule has 7 nitrogen and oxygen atoms in total. The molecular formula is C27H29N3O4. The number of anilines is 1. The molecule has 0 radical (unpaired) electrons. The van der Waals surface area contributed by atoms with Gasteiger partial charge in [-0.3, -0.25) is 14.5 Å². The quantitative estimate of drug-likeness (QED) is 0.507. The lowest BCUT2D eigenvalue weighted by atomic mass is 10.0. The molecule has 0 aliphatic rings. The highest BCUT2D eigenvalue weighted by Crippen LogP contribution is 2.26. The first kappa shape index (κ1) is 26.0. The van der Waals surface area contributed by atoms with Crippen LogP contribution in [0.3, 0.4) is 0 Å². The Kier molecular flexibility index (Phi) is 8.47. The Bertz CT molecular complexity index is 1130. The molecule has 2 aromatic carbocycles. The van der Waals surface area contributed by atoms with E-state index < -0.39 is 36.1 Å². The van der Waals surface area contributed by atoms with E-state index in [0.29, 0.717) is 16.8 Å². The van der Waals surface area contributed by atoms with Crippen LogP contribution < -0.4 is 10.6 Å². The molecule has 0 aromatic heterocycles. The fraction of sp³-hybridized carbons (Fsp3) is 0.296. The number of carbonyl (C=O) groups excluding carboxylic acids is 3. The molecule has 3 amide bonds. The molecule has 0 saturated carbocycles. The molecule has 0 fully saturated rings. The average molecular weight is 460 g/mol. The first-order valence-corrected chi connectivity index (χ1v) is 10.7. The van der Waals surface area contributed by atoms with Gasteiger partial charge in [-0.05, 0) is 63.4 Å². The number of hydrogen-bond acceptors (Lipinski definition) is 4. The van der Waals surface area contributed by atoms with Crippen molar-refractivity contribution in [3.63, 3.8) is 0 Å². The van der Waals surface area contributed by atoms with Gasteiger partial charge in [0.25, 0.3) is 11.8 Å². The number of ether oxygens (including phenoxy) is 1. The van der Waals surface area contributed by atoms with Crippen molar-refractivity contribution in [3.05, 3.63) is 64.7 Å². The van der Waals surface area contributed by atoms with Crippen LogP contribution in [0.2, 0.25) is 0 Å². The second-order valence-electron chi connectivity index (χ2n) is 8.67. The number of para-hydroxylation sites is 1. The largest absolute Gasteiger partial charge is 0.444 e. The minimum absolute atomic E-state index is 0.450. The van der Waals surface area contributed by atoms with E-state index in [4.69, 9.17) is 17.6 Å². The standard InChI is InChI=1S/C27H29N3O4/c1-8-20-13-15-21(16-14-20)24(25(32)29-23-18(3)11-10-12-19(23)4)30(9-2)22(31)17-28-26(33)34-27(5,6)7/h1-2,10-16,24H,17H2,3-7H3,(H,28,33)(H,29,32). The van der Waals surface area contributed by atoms with Gasteiger partial charge in [-0.15, -0.1) is 6.42 Å². The zero-order chi connectivity index (χ0) is 25.5. The van der Waals surface area contributed by atoms with Crippen molar-refractivity contribution in [2.45, 2.75) is 46.3 Å². The van der Waals surface area contributed by atoms with Crippen molar-refractivity contribution in [3.8, 4) is 24.8 Å². The van der Waals surface area contributed by atoms with Crippen LogP contribution in [0, 0.1) is 38.7 Å². The SMILES string of the molecule is C#Cc1ccc(C(C(=O)Nc2c(C)cccc2C)N(C#C)C(=O)CNC(=O)OC(C)(C)C)cc1. The Morgan fingerprint density at radius 2 is 1.62 bits per heavy atom. The monoisotopic (exact) mass is 459 g/mol. The van der Waals surface area contributed by atoms with Gasteiger partial charge >= 0.3 is 6.09 Å². The van der Waals surface area contributed by atoms with Crippen molar-refractivity contribution in [1.29, 1.82) is 0 Å². The molecule has 0 heterocycles. The molecular weight excluding hydrogens is 430 g/mol. The van der Waals surface area contributed by atoms with Gasteiger partial charge in [-0.2, -0.15) is 0 Å². The maximum atomic E-state index is 13.4. The zero-order valence-electron chi connectivity index (χ0n) is 20.1. The lowest BCUT2D eigenvalue weighted by molar-refractivity contribution is -0.134. The molecule has 0 saturated heterocycles. The molecule has 7 heteroatoms. The topological polar surface area (TPSA) is 87.7 Å². The summed E-state index contributed by atoms with van der Waals surface area (Å²) in [5, 5.41) is 5.27. The number of nitrogens with zero attached hydrogens (tertiary/aromatic N) is 1. The van der Waals surface area contributed by atoms with Crippen LogP contribution in [-0.2, 0) is 14.3 Å². The van der Waals surface area contributed by atoms with Crippen LogP contribution in [0.15, 0.2) is 42.5 Å². The maximum Gasteiger partial charge on any atom is 0.408 e. The lowest BCUT2D eigenvalue weighted by Crippen LogP contribution is -2.44. The molecule has 2 aromatic rings. The molecule has 176 valence electrons. The van der Waals surface area contributed by atoms with Gasteiger partial charge in [-0.25, -0.2) is 4.79 Å². The van der Waals surface area contributed by atoms with E-state index in [1.165, 1.54) is 0 Å². The Hall–Kier alpha value is -4.23. The highest BCUT2D eigenvalue weighted by molar-refractivity contribution is 5.99. The van der Waals surface area contributed by atoms with E-state index in [2.05, 4.69) is 22.6 Å². The average Bonchev–Trinajstić information content (AvgIpc) is 2.77. The molecule has 1 unspecified atom stereocenters. The summed E-state index contributed by atoms with van der Waals surface area (Å²) in [6, 6.07) is 13.4. The van der Waals surface area contributed by atoms with Gasteiger partial charge < -0.3 is 15.4 Å². The fourth-order valence-electron chi connectivity index (χ4n) is 3.22. The minimum Gasteiger partial charge on any atom is -0.444 e. The summed E-state index contributed by atoms with van der Waals surface area (Å²) >= 11 is 0. The number of hydrogen-bond donors (Lipinski definition) is 2. The summed E-state index contributed by atoms with van der Waals surface area (Å²) in [5.74, 6) is 1.35. The number of aryl methyl sites for hydroxylation is 2. The summed E-state index contributed by atoms with van der Waals surface area (Å²) in [6.07, 6.45) is 10.3. The molecule has 0 aliphatic heterocycles. The Balaban J connectivity index is 2.36. The number of alkyl carbamates (subject to hydrolysis) is 1. The van der Waals surface area contributed by atoms with Gasteiger partial charge in [0.1, 0.15) is 18.2 Å². The smallest absolute Gasteiger partial charge is 0.408 e. The minimum atomic E-state index is -1.16. The summed E-state index contributed by atoms with van der Waals surface area (Å²) < 4.78 is 5.15. The van der Waals surface area contributed by atoms with Crippen molar-refractivity contribution in [2.24, 2.45) is 0 Å². The van der Waals surface area contributed by atoms with E-state index in [1.54, 1.807) is 45.0 Å². The second-order valence-corrected chi connectivity index (χ2v) is 8.67. The first-order chi connectivity index (χ1) is 16.0. The summed E-state index contributed by atoms with van der Waals surface area (Å²) in [4.78, 5) is 39.4. The Morgan fingerprint density at radius 1 is 1.03 bits per heavy atom. The van der Waals surface area contributed by atoms with Crippen LogP contribution in [0.4, 0.5) is 10.5 Å². The molecule has 0 bridgehead atoms. The van der Waals surface area contributed by atoms with E-state index in [0.717, 1.165) is 16.0 Å². The molecule has 2 rings (SSSR count). The van der Waals surface area contributed by atoms with Crippen LogP contribution in [0.25, 0.3) is 0 Å². The lowest BCUT2D eigenvalue weighted by Gasteiger charge is -2.27. The third-order valence-corrected chi connectivity index (χ3v) is 4.82. The Morgan fingerprint density at radius 3 is 2.12 bits per heavy atom. The molecule has 0 aliphatic carbocycles. The predicted octanol–water partition coefficient (Wildman–Crippen LogP) is 3.91. The van der Waals surface area contributed by atoms with Crippen LogP contribution in [0.1, 0.15) is 49.1 Å². The van der Waals surface area contributed by atoms with Crippen molar-refractivity contribution >= 4 is 23.6 Å². The normalized spacial score (nSPS) is 11.4. The van der Waals surface area contributed by atoms with Crippen molar-refractivity contribution < 1.29 is 19.1 Å². The van der Waals surface area contributed by atoms with E-state index in [-0.39, 0.29) is 0 Å². The molecule has 0 spiro atoms. The molecule has 2 N–H and O–H groups in total. The van der Waals surface area contributed by atoms with Gasteiger partial charge in [0, 0.05) is 17.3 Å². The number of amides is 3. The van der Waals surface area contributed by atoms with E-state index in [9.17, 15) is 14.4 Å². The van der Waals surface area contributed by atoms with Gasteiger partial charge in [-0.1, -0.05) is 42.7 Å². The second kappa shape index (κ2) is 11.1. The van der Waals surface area contributed by atoms with Crippen molar-refractivity contribution in [1.82, 2.24) is 10.2 Å². The third kappa shape index (κ3) is 6.88. The fourth-order valence-corrected chi connectivity index (χ4v) is 3.22. The number of terminal acetylenes is 2. The highest BCUT2D eigenvalue weighted by Gasteiger charge is 2.31. The Labute approximate surface area is 200 Å². The van der Waals surface area contributed by atoms with Gasteiger partial charge in [0.15, 0.2) is 0 Å². The highest BCUT2D eigenvalue weighted by atomic mass is 16.6. The van der Waals surface area contributed by atoms with E-state index >= 15 is 0 Å². The van der Waals surface area contributed by atoms with Crippen LogP contribution >= 0.6 is 0 Å². The number of rotatable bonds is 6. The van der Waals surface area contributed by atoms with Crippen LogP contribution in [0.5, 0.6) is 0 Å². The zero-order valence-corrected chi connectivity index (χ0v) is 20.1. The third-order valence-electron chi connectivity index (χ3n) is 4.82. The first-order valence-electron chi connectivity index (χ1n) is 10.7.